The second-order valence-electron chi connectivity index (χ2n) is 5.28. The Hall–Kier alpha value is -1.80. The monoisotopic (exact) mass is 268 g/mol. The average Bonchev–Trinajstić information content (AvgIpc) is 2.48. The van der Waals surface area contributed by atoms with Gasteiger partial charge >= 0.3 is 0 Å². The van der Waals surface area contributed by atoms with E-state index in [1.807, 2.05) is 0 Å². The highest BCUT2D eigenvalue weighted by atomic mass is 15.1. The Kier molecular flexibility index (Phi) is 5.19. The molecule has 2 aromatic carbocycles. The number of nitrogens with one attached hydrogen (secondary N) is 1. The SMILES string of the molecule is CCCNCc1ccccc1-c1ccc(N(C)C)cc1. The second-order valence-corrected chi connectivity index (χ2v) is 5.28. The van der Waals surface area contributed by atoms with Gasteiger partial charge in [0, 0.05) is 26.3 Å². The zero-order chi connectivity index (χ0) is 14.4. The molecule has 2 aromatic rings. The van der Waals surface area contributed by atoms with Crippen molar-refractivity contribution in [3.05, 3.63) is 54.1 Å². The summed E-state index contributed by atoms with van der Waals surface area (Å²) in [5.41, 5.74) is 5.19. The summed E-state index contributed by atoms with van der Waals surface area (Å²) < 4.78 is 0. The lowest BCUT2D eigenvalue weighted by molar-refractivity contribution is 0.676. The van der Waals surface area contributed by atoms with Crippen LogP contribution in [0.15, 0.2) is 48.5 Å². The topological polar surface area (TPSA) is 15.3 Å². The number of benzene rings is 2. The zero-order valence-electron chi connectivity index (χ0n) is 12.7. The van der Waals surface area contributed by atoms with Gasteiger partial charge in [0.25, 0.3) is 0 Å². The maximum absolute atomic E-state index is 3.48. The summed E-state index contributed by atoms with van der Waals surface area (Å²) in [5, 5.41) is 3.48. The van der Waals surface area contributed by atoms with Gasteiger partial charge in [-0.1, -0.05) is 43.3 Å². The minimum absolute atomic E-state index is 0.930. The zero-order valence-corrected chi connectivity index (χ0v) is 12.7. The van der Waals surface area contributed by atoms with Crippen molar-refractivity contribution in [2.24, 2.45) is 0 Å². The predicted molar refractivity (Wildman–Crippen MR) is 88.2 cm³/mol. The van der Waals surface area contributed by atoms with Crippen molar-refractivity contribution in [3.8, 4) is 11.1 Å². The molecule has 2 heteroatoms. The summed E-state index contributed by atoms with van der Waals surface area (Å²) in [5.74, 6) is 0. The van der Waals surface area contributed by atoms with Gasteiger partial charge in [-0.2, -0.15) is 0 Å². The van der Waals surface area contributed by atoms with Crippen LogP contribution in [0.2, 0.25) is 0 Å². The van der Waals surface area contributed by atoms with Crippen molar-refractivity contribution in [1.82, 2.24) is 5.32 Å². The van der Waals surface area contributed by atoms with E-state index in [0.717, 1.165) is 13.1 Å². The van der Waals surface area contributed by atoms with Crippen molar-refractivity contribution >= 4 is 5.69 Å². The largest absolute Gasteiger partial charge is 0.378 e. The molecule has 2 nitrogen and oxygen atoms in total. The van der Waals surface area contributed by atoms with E-state index in [2.05, 4.69) is 79.8 Å². The Labute approximate surface area is 122 Å². The van der Waals surface area contributed by atoms with E-state index in [1.54, 1.807) is 0 Å². The van der Waals surface area contributed by atoms with Crippen LogP contribution in [0.4, 0.5) is 5.69 Å². The highest BCUT2D eigenvalue weighted by Gasteiger charge is 2.04. The first-order valence-electron chi connectivity index (χ1n) is 7.28. The highest BCUT2D eigenvalue weighted by Crippen LogP contribution is 2.25. The first-order chi connectivity index (χ1) is 9.72. The summed E-state index contributed by atoms with van der Waals surface area (Å²) in [6, 6.07) is 17.4. The third kappa shape index (κ3) is 3.61. The van der Waals surface area contributed by atoms with Gasteiger partial charge in [0.1, 0.15) is 0 Å². The smallest absolute Gasteiger partial charge is 0.0361 e. The van der Waals surface area contributed by atoms with E-state index in [9.17, 15) is 0 Å². The number of rotatable bonds is 6. The summed E-state index contributed by atoms with van der Waals surface area (Å²) >= 11 is 0. The summed E-state index contributed by atoms with van der Waals surface area (Å²) in [4.78, 5) is 2.12. The standard InChI is InChI=1S/C18H24N2/c1-4-13-19-14-16-7-5-6-8-18(16)15-9-11-17(12-10-15)20(2)3/h5-12,19H,4,13-14H2,1-3H3. The summed E-state index contributed by atoms with van der Waals surface area (Å²) in [6.45, 7) is 4.19. The predicted octanol–water partition coefficient (Wildman–Crippen LogP) is 3.92. The quantitative estimate of drug-likeness (QED) is 0.799. The van der Waals surface area contributed by atoms with Gasteiger partial charge < -0.3 is 10.2 Å². The molecule has 0 amide bonds. The van der Waals surface area contributed by atoms with Crippen LogP contribution >= 0.6 is 0 Å². The van der Waals surface area contributed by atoms with E-state index >= 15 is 0 Å². The molecule has 0 bridgehead atoms. The molecule has 106 valence electrons. The lowest BCUT2D eigenvalue weighted by Gasteiger charge is -2.14. The Bertz CT molecular complexity index is 529. The number of nitrogens with zero attached hydrogens (tertiary/aromatic N) is 1. The van der Waals surface area contributed by atoms with Crippen LogP contribution in [0.5, 0.6) is 0 Å². The van der Waals surface area contributed by atoms with E-state index in [4.69, 9.17) is 0 Å². The van der Waals surface area contributed by atoms with E-state index in [-0.39, 0.29) is 0 Å². The van der Waals surface area contributed by atoms with Crippen molar-refractivity contribution in [2.75, 3.05) is 25.5 Å². The number of hydrogen-bond acceptors (Lipinski definition) is 2. The minimum atomic E-state index is 0.930. The van der Waals surface area contributed by atoms with Crippen LogP contribution in [0, 0.1) is 0 Å². The molecule has 0 aliphatic carbocycles. The lowest BCUT2D eigenvalue weighted by atomic mass is 9.99. The number of hydrogen-bond donors (Lipinski definition) is 1. The van der Waals surface area contributed by atoms with Crippen LogP contribution in [0.1, 0.15) is 18.9 Å². The summed E-state index contributed by atoms with van der Waals surface area (Å²) in [7, 11) is 4.13. The van der Waals surface area contributed by atoms with Crippen molar-refractivity contribution in [3.63, 3.8) is 0 Å². The van der Waals surface area contributed by atoms with E-state index < -0.39 is 0 Å². The maximum Gasteiger partial charge on any atom is 0.0361 e. The number of anilines is 1. The molecule has 0 heterocycles. The van der Waals surface area contributed by atoms with Crippen LogP contribution in [0.25, 0.3) is 11.1 Å². The van der Waals surface area contributed by atoms with E-state index in [0.29, 0.717) is 0 Å². The molecule has 0 aromatic heterocycles. The van der Waals surface area contributed by atoms with Crippen LogP contribution < -0.4 is 10.2 Å². The fourth-order valence-corrected chi connectivity index (χ4v) is 2.30. The molecule has 0 saturated carbocycles. The fourth-order valence-electron chi connectivity index (χ4n) is 2.30. The Morgan fingerprint density at radius 3 is 2.30 bits per heavy atom. The van der Waals surface area contributed by atoms with Gasteiger partial charge in [-0.25, -0.2) is 0 Å². The Morgan fingerprint density at radius 2 is 1.65 bits per heavy atom. The second kappa shape index (κ2) is 7.11. The third-order valence-corrected chi connectivity index (χ3v) is 3.45. The highest BCUT2D eigenvalue weighted by molar-refractivity contribution is 5.69. The summed E-state index contributed by atoms with van der Waals surface area (Å²) in [6.07, 6.45) is 1.17. The molecule has 0 saturated heterocycles. The third-order valence-electron chi connectivity index (χ3n) is 3.45. The van der Waals surface area contributed by atoms with Gasteiger partial charge in [0.15, 0.2) is 0 Å². The molecule has 20 heavy (non-hydrogen) atoms. The molecular formula is C18H24N2. The first-order valence-corrected chi connectivity index (χ1v) is 7.28. The van der Waals surface area contributed by atoms with Crippen molar-refractivity contribution < 1.29 is 0 Å². The molecule has 0 aliphatic rings. The van der Waals surface area contributed by atoms with Gasteiger partial charge in [0.05, 0.1) is 0 Å². The fraction of sp³-hybridized carbons (Fsp3) is 0.333. The van der Waals surface area contributed by atoms with Crippen molar-refractivity contribution in [2.45, 2.75) is 19.9 Å². The van der Waals surface area contributed by atoms with E-state index in [1.165, 1.54) is 28.8 Å². The van der Waals surface area contributed by atoms with Gasteiger partial charge in [-0.05, 0) is 41.8 Å². The molecule has 0 atom stereocenters. The van der Waals surface area contributed by atoms with Crippen LogP contribution in [0.3, 0.4) is 0 Å². The van der Waals surface area contributed by atoms with Gasteiger partial charge in [0.2, 0.25) is 0 Å². The molecule has 0 fully saturated rings. The van der Waals surface area contributed by atoms with Crippen molar-refractivity contribution in [1.29, 1.82) is 0 Å². The first kappa shape index (κ1) is 14.6. The normalized spacial score (nSPS) is 10.6. The van der Waals surface area contributed by atoms with Gasteiger partial charge in [-0.15, -0.1) is 0 Å². The van der Waals surface area contributed by atoms with Crippen LogP contribution in [-0.2, 0) is 6.54 Å². The molecule has 0 aliphatic heterocycles. The molecular weight excluding hydrogens is 244 g/mol. The minimum Gasteiger partial charge on any atom is -0.378 e. The average molecular weight is 268 g/mol. The molecule has 0 radical (unpaired) electrons. The van der Waals surface area contributed by atoms with Gasteiger partial charge in [-0.3, -0.25) is 0 Å². The Morgan fingerprint density at radius 1 is 0.950 bits per heavy atom. The Balaban J connectivity index is 2.23. The van der Waals surface area contributed by atoms with Crippen LogP contribution in [-0.4, -0.2) is 20.6 Å². The maximum atomic E-state index is 3.48. The lowest BCUT2D eigenvalue weighted by Crippen LogP contribution is -2.14. The molecule has 0 unspecified atom stereocenters. The molecule has 2 rings (SSSR count). The molecule has 1 N–H and O–H groups in total. The molecule has 0 spiro atoms.